The summed E-state index contributed by atoms with van der Waals surface area (Å²) >= 11 is 0. The molecule has 0 N–H and O–H groups in total. The van der Waals surface area contributed by atoms with Crippen LogP contribution < -0.4 is 4.90 Å². The van der Waals surface area contributed by atoms with E-state index in [0.717, 1.165) is 40.0 Å². The van der Waals surface area contributed by atoms with Crippen molar-refractivity contribution in [2.75, 3.05) is 4.90 Å². The van der Waals surface area contributed by atoms with Gasteiger partial charge in [0.2, 0.25) is 0 Å². The Morgan fingerprint density at radius 2 is 1.08 bits per heavy atom. The zero-order valence-electron chi connectivity index (χ0n) is 37.1. The molecule has 2 nitrogen and oxygen atoms in total. The molecule has 0 heterocycles. The van der Waals surface area contributed by atoms with Crippen LogP contribution in [0.1, 0.15) is 73.8 Å². The molecule has 65 heavy (non-hydrogen) atoms. The highest BCUT2D eigenvalue weighted by atomic mass is 15.1. The number of hydrogen-bond acceptors (Lipinski definition) is 2. The average Bonchev–Trinajstić information content (AvgIpc) is 3.91. The summed E-state index contributed by atoms with van der Waals surface area (Å²) in [5.74, 6) is 3.03. The molecule has 3 bridgehead atoms. The van der Waals surface area contributed by atoms with E-state index in [4.69, 9.17) is 0 Å². The fourth-order valence-corrected chi connectivity index (χ4v) is 15.5. The summed E-state index contributed by atoms with van der Waals surface area (Å²) in [4.78, 5) is 2.45. The zero-order valence-corrected chi connectivity index (χ0v) is 37.1. The molecule has 6 aliphatic carbocycles. The van der Waals surface area contributed by atoms with E-state index in [-0.39, 0.29) is 10.8 Å². The lowest BCUT2D eigenvalue weighted by atomic mass is 9.49. The summed E-state index contributed by atoms with van der Waals surface area (Å²) in [6.45, 7) is 4.81. The first-order chi connectivity index (χ1) is 31.9. The summed E-state index contributed by atoms with van der Waals surface area (Å²) in [6.07, 6.45) is 6.87. The minimum absolute atomic E-state index is 0.0354. The molecular weight excluding hydrogens is 785 g/mol. The molecule has 2 heteroatoms. The molecule has 0 saturated heterocycles. The van der Waals surface area contributed by atoms with Crippen molar-refractivity contribution in [1.82, 2.24) is 0 Å². The molecule has 0 amide bonds. The maximum absolute atomic E-state index is 11.3. The molecule has 8 aromatic rings. The summed E-state index contributed by atoms with van der Waals surface area (Å²) < 4.78 is 0. The molecule has 6 atom stereocenters. The molecule has 0 aliphatic heterocycles. The molecule has 4 saturated carbocycles. The van der Waals surface area contributed by atoms with Crippen molar-refractivity contribution >= 4 is 17.1 Å². The van der Waals surface area contributed by atoms with Crippen LogP contribution in [0.15, 0.2) is 182 Å². The first kappa shape index (κ1) is 37.4. The molecule has 14 rings (SSSR count). The Morgan fingerprint density at radius 1 is 0.492 bits per heavy atom. The van der Waals surface area contributed by atoms with E-state index in [1.54, 1.807) is 0 Å². The quantitative estimate of drug-likeness (QED) is 0.167. The topological polar surface area (TPSA) is 27.0 Å². The van der Waals surface area contributed by atoms with Crippen molar-refractivity contribution < 1.29 is 0 Å². The van der Waals surface area contributed by atoms with Crippen LogP contribution >= 0.6 is 0 Å². The maximum atomic E-state index is 11.3. The Balaban J connectivity index is 0.936. The minimum Gasteiger partial charge on any atom is -0.310 e. The third kappa shape index (κ3) is 4.89. The average molecular weight is 835 g/mol. The third-order valence-corrected chi connectivity index (χ3v) is 17.8. The van der Waals surface area contributed by atoms with E-state index in [2.05, 4.69) is 207 Å². The van der Waals surface area contributed by atoms with Gasteiger partial charge in [0.05, 0.1) is 17.3 Å². The van der Waals surface area contributed by atoms with Crippen LogP contribution in [-0.2, 0) is 10.8 Å². The Morgan fingerprint density at radius 3 is 1.77 bits per heavy atom. The second-order valence-corrected chi connectivity index (χ2v) is 20.8. The highest BCUT2D eigenvalue weighted by Gasteiger charge is 2.77. The van der Waals surface area contributed by atoms with Gasteiger partial charge in [-0.05, 0) is 176 Å². The second-order valence-electron chi connectivity index (χ2n) is 20.8. The Hall–Kier alpha value is -6.95. The molecule has 4 fully saturated rings. The van der Waals surface area contributed by atoms with Crippen molar-refractivity contribution in [2.24, 2.45) is 29.1 Å². The van der Waals surface area contributed by atoms with Gasteiger partial charge in [0, 0.05) is 27.8 Å². The molecule has 2 spiro atoms. The SMILES string of the molecule is CC1(C)c2cccc(N(c3ccc(-c4ccccc4)cc3)c3ccc(-c4ccccc4)cc3)c2-c2cccc(-c3cc(C#N)c4c(c3)-c3ccccc3C43C4CC5CC6CC3C6(C5)C4)c21. The fourth-order valence-electron chi connectivity index (χ4n) is 15.5. The van der Waals surface area contributed by atoms with Crippen LogP contribution in [0.4, 0.5) is 17.1 Å². The number of hydrogen-bond donors (Lipinski definition) is 0. The Bertz CT molecular complexity index is 3220. The van der Waals surface area contributed by atoms with E-state index >= 15 is 0 Å². The van der Waals surface area contributed by atoms with Crippen molar-refractivity contribution in [1.29, 1.82) is 5.26 Å². The smallest absolute Gasteiger partial charge is 0.0995 e. The van der Waals surface area contributed by atoms with Gasteiger partial charge < -0.3 is 4.90 Å². The number of fused-ring (bicyclic) bond motifs is 12. The monoisotopic (exact) mass is 834 g/mol. The lowest BCUT2D eigenvalue weighted by molar-refractivity contribution is -0.0194. The fraction of sp³-hybridized carbons (Fsp3) is 0.222. The van der Waals surface area contributed by atoms with Gasteiger partial charge in [-0.1, -0.05) is 153 Å². The number of rotatable bonds is 6. The number of nitrogens with zero attached hydrogens (tertiary/aromatic N) is 2. The summed E-state index contributed by atoms with van der Waals surface area (Å²) in [5.41, 5.74) is 22.4. The first-order valence-corrected chi connectivity index (χ1v) is 24.0. The lowest BCUT2D eigenvalue weighted by Gasteiger charge is -2.54. The molecule has 6 unspecified atom stereocenters. The van der Waals surface area contributed by atoms with Crippen LogP contribution in [-0.4, -0.2) is 0 Å². The van der Waals surface area contributed by atoms with Gasteiger partial charge in [-0.3, -0.25) is 0 Å². The molecule has 0 radical (unpaired) electrons. The van der Waals surface area contributed by atoms with Gasteiger partial charge in [-0.25, -0.2) is 0 Å². The van der Waals surface area contributed by atoms with E-state index < -0.39 is 0 Å². The summed E-state index contributed by atoms with van der Waals surface area (Å²) in [7, 11) is 0. The van der Waals surface area contributed by atoms with Crippen LogP contribution in [0, 0.1) is 40.4 Å². The third-order valence-electron chi connectivity index (χ3n) is 17.8. The van der Waals surface area contributed by atoms with Crippen molar-refractivity contribution in [3.8, 4) is 61.7 Å². The number of nitriles is 1. The molecule has 8 aromatic carbocycles. The number of anilines is 3. The number of benzene rings is 8. The summed E-state index contributed by atoms with van der Waals surface area (Å²) in [6, 6.07) is 70.2. The Labute approximate surface area is 382 Å². The standard InChI is InChI=1S/C63H50N2/c1-61(2)55-21-12-22-56(65(48-27-23-42(24-28-48)40-13-5-3-6-14-40)49-29-25-43(26-30-49)41-15-7-4-8-16-41)58(55)52-19-11-18-50(60(52)61)44-33-45(38-64)59-53(34-44)51-17-9-10-20-54(51)63(59)47-32-39-31-46-35-57(63)62(46,36-39)37-47/h3-30,33-34,39,46-47,57H,31-32,35-37H2,1-2H3. The normalized spacial score (nSPS) is 25.0. The predicted molar refractivity (Wildman–Crippen MR) is 265 cm³/mol. The predicted octanol–water partition coefficient (Wildman–Crippen LogP) is 16.1. The molecule has 6 aliphatic rings. The van der Waals surface area contributed by atoms with Crippen molar-refractivity contribution in [3.05, 3.63) is 210 Å². The van der Waals surface area contributed by atoms with E-state index in [9.17, 15) is 5.26 Å². The lowest BCUT2D eigenvalue weighted by Crippen LogP contribution is -2.50. The van der Waals surface area contributed by atoms with Gasteiger partial charge in [-0.15, -0.1) is 0 Å². The van der Waals surface area contributed by atoms with Gasteiger partial charge in [-0.2, -0.15) is 5.26 Å². The van der Waals surface area contributed by atoms with Crippen LogP contribution in [0.2, 0.25) is 0 Å². The van der Waals surface area contributed by atoms with Crippen molar-refractivity contribution in [3.63, 3.8) is 0 Å². The van der Waals surface area contributed by atoms with E-state index in [1.165, 1.54) is 104 Å². The van der Waals surface area contributed by atoms with Crippen LogP contribution in [0.25, 0.3) is 55.6 Å². The van der Waals surface area contributed by atoms with Crippen LogP contribution in [0.5, 0.6) is 0 Å². The minimum atomic E-state index is -0.302. The molecule has 0 aromatic heterocycles. The zero-order chi connectivity index (χ0) is 43.2. The summed E-state index contributed by atoms with van der Waals surface area (Å²) in [5, 5.41) is 11.3. The highest BCUT2D eigenvalue weighted by Crippen LogP contribution is 2.83. The van der Waals surface area contributed by atoms with Gasteiger partial charge in [0.1, 0.15) is 0 Å². The maximum Gasteiger partial charge on any atom is 0.0995 e. The highest BCUT2D eigenvalue weighted by molar-refractivity contribution is 5.99. The second kappa shape index (κ2) is 13.3. The van der Waals surface area contributed by atoms with E-state index in [1.807, 2.05) is 0 Å². The van der Waals surface area contributed by atoms with E-state index in [0.29, 0.717) is 17.3 Å². The van der Waals surface area contributed by atoms with Gasteiger partial charge >= 0.3 is 0 Å². The first-order valence-electron chi connectivity index (χ1n) is 24.0. The molecule has 312 valence electrons. The van der Waals surface area contributed by atoms with Crippen LogP contribution in [0.3, 0.4) is 0 Å². The van der Waals surface area contributed by atoms with Crippen molar-refractivity contribution in [2.45, 2.75) is 56.8 Å². The Kier molecular flexibility index (Phi) is 7.66. The largest absolute Gasteiger partial charge is 0.310 e. The van der Waals surface area contributed by atoms with Gasteiger partial charge in [0.25, 0.3) is 0 Å². The molecular formula is C63H50N2. The van der Waals surface area contributed by atoms with Gasteiger partial charge in [0.15, 0.2) is 0 Å².